The number of hydrogen-bond acceptors (Lipinski definition) is 3. The van der Waals surface area contributed by atoms with E-state index in [1.807, 2.05) is 58.9 Å². The highest BCUT2D eigenvalue weighted by molar-refractivity contribution is 7.96. The summed E-state index contributed by atoms with van der Waals surface area (Å²) in [6.45, 7) is 9.99. The molecule has 0 amide bonds. The lowest BCUT2D eigenvalue weighted by Gasteiger charge is -2.28. The van der Waals surface area contributed by atoms with Crippen molar-refractivity contribution in [1.29, 1.82) is 0 Å². The van der Waals surface area contributed by atoms with Gasteiger partial charge >= 0.3 is 0 Å². The molecule has 0 spiro atoms. The van der Waals surface area contributed by atoms with Crippen molar-refractivity contribution in [3.05, 3.63) is 24.3 Å². The summed E-state index contributed by atoms with van der Waals surface area (Å²) in [6.07, 6.45) is 7.87. The second-order valence-corrected chi connectivity index (χ2v) is 5.18. The molecule has 0 aromatic rings. The third-order valence-electron chi connectivity index (χ3n) is 1.54. The van der Waals surface area contributed by atoms with Crippen molar-refractivity contribution in [2.24, 2.45) is 0 Å². The Kier molecular flexibility index (Phi) is 6.25. The molecule has 0 N–H and O–H groups in total. The van der Waals surface area contributed by atoms with Gasteiger partial charge in [-0.3, -0.25) is 0 Å². The first-order chi connectivity index (χ1) is 6.89. The van der Waals surface area contributed by atoms with E-state index in [-0.39, 0.29) is 5.60 Å². The average molecular weight is 230 g/mol. The van der Waals surface area contributed by atoms with Crippen molar-refractivity contribution in [2.75, 3.05) is 7.11 Å². The van der Waals surface area contributed by atoms with Crippen molar-refractivity contribution in [3.63, 3.8) is 0 Å². The number of ether oxygens (including phenoxy) is 1. The predicted molar refractivity (Wildman–Crippen MR) is 67.8 cm³/mol. The topological polar surface area (TPSA) is 18.5 Å². The Labute approximate surface area is 97.9 Å². The number of allylic oxidation sites excluding steroid dienone is 2. The van der Waals surface area contributed by atoms with Gasteiger partial charge in [0.1, 0.15) is 0 Å². The van der Waals surface area contributed by atoms with Crippen molar-refractivity contribution < 1.29 is 8.92 Å². The zero-order valence-electron chi connectivity index (χ0n) is 10.5. The molecule has 15 heavy (non-hydrogen) atoms. The van der Waals surface area contributed by atoms with Gasteiger partial charge in [0.05, 0.1) is 5.60 Å². The summed E-state index contributed by atoms with van der Waals surface area (Å²) >= 11 is 1.33. The molecule has 0 heterocycles. The molecule has 1 unspecified atom stereocenters. The van der Waals surface area contributed by atoms with Crippen LogP contribution in [0, 0.1) is 0 Å². The second-order valence-electron chi connectivity index (χ2n) is 4.20. The standard InChI is InChI=1S/C12H22O2S/c1-7-9-12(13-6,10-8-2)15-14-11(3,4)5/h7-10H,1-6H3/b9-7-,10-8+. The van der Waals surface area contributed by atoms with Gasteiger partial charge in [0.2, 0.25) is 0 Å². The third kappa shape index (κ3) is 6.03. The maximum Gasteiger partial charge on any atom is 0.175 e. The first-order valence-electron chi connectivity index (χ1n) is 5.09. The van der Waals surface area contributed by atoms with Gasteiger partial charge in [-0.25, -0.2) is 0 Å². The van der Waals surface area contributed by atoms with Crippen LogP contribution >= 0.6 is 12.0 Å². The quantitative estimate of drug-likeness (QED) is 0.405. The van der Waals surface area contributed by atoms with Crippen LogP contribution in [0.4, 0.5) is 0 Å². The molecule has 1 atom stereocenters. The predicted octanol–water partition coefficient (Wildman–Crippen LogP) is 3.94. The van der Waals surface area contributed by atoms with Gasteiger partial charge in [-0.1, -0.05) is 12.2 Å². The van der Waals surface area contributed by atoms with Gasteiger partial charge in [0.15, 0.2) is 4.93 Å². The maximum atomic E-state index is 5.68. The average Bonchev–Trinajstić information content (AvgIpc) is 2.14. The Bertz CT molecular complexity index is 214. The van der Waals surface area contributed by atoms with E-state index < -0.39 is 4.93 Å². The zero-order chi connectivity index (χ0) is 11.9. The van der Waals surface area contributed by atoms with Crippen LogP contribution in [-0.4, -0.2) is 17.6 Å². The molecule has 88 valence electrons. The van der Waals surface area contributed by atoms with Crippen LogP contribution in [0.15, 0.2) is 24.3 Å². The largest absolute Gasteiger partial charge is 0.358 e. The van der Waals surface area contributed by atoms with E-state index in [1.54, 1.807) is 7.11 Å². The van der Waals surface area contributed by atoms with Gasteiger partial charge in [-0.2, -0.15) is 0 Å². The lowest BCUT2D eigenvalue weighted by atomic mass is 10.2. The second kappa shape index (κ2) is 6.36. The highest BCUT2D eigenvalue weighted by Crippen LogP contribution is 2.34. The lowest BCUT2D eigenvalue weighted by Crippen LogP contribution is -2.26. The van der Waals surface area contributed by atoms with E-state index in [0.717, 1.165) is 0 Å². The van der Waals surface area contributed by atoms with Gasteiger partial charge < -0.3 is 8.92 Å². The minimum atomic E-state index is -0.517. The summed E-state index contributed by atoms with van der Waals surface area (Å²) in [7, 11) is 1.68. The monoisotopic (exact) mass is 230 g/mol. The first kappa shape index (κ1) is 14.8. The van der Waals surface area contributed by atoms with E-state index >= 15 is 0 Å². The molecule has 0 rings (SSSR count). The molecule has 0 saturated carbocycles. The fourth-order valence-corrected chi connectivity index (χ4v) is 1.77. The Morgan fingerprint density at radius 2 is 1.47 bits per heavy atom. The molecule has 3 heteroatoms. The summed E-state index contributed by atoms with van der Waals surface area (Å²) < 4.78 is 11.2. The van der Waals surface area contributed by atoms with Crippen LogP contribution in [0.1, 0.15) is 34.6 Å². The highest BCUT2D eigenvalue weighted by Gasteiger charge is 2.27. The summed E-state index contributed by atoms with van der Waals surface area (Å²) in [5.41, 5.74) is -0.183. The normalized spacial score (nSPS) is 17.5. The molecule has 0 radical (unpaired) electrons. The molecule has 0 saturated heterocycles. The zero-order valence-corrected chi connectivity index (χ0v) is 11.4. The molecule has 0 aromatic heterocycles. The van der Waals surface area contributed by atoms with Crippen LogP contribution in [0.2, 0.25) is 0 Å². The van der Waals surface area contributed by atoms with Crippen LogP contribution in [0.25, 0.3) is 0 Å². The van der Waals surface area contributed by atoms with E-state index in [2.05, 4.69) is 0 Å². The van der Waals surface area contributed by atoms with Crippen LogP contribution < -0.4 is 0 Å². The molecule has 0 fully saturated rings. The van der Waals surface area contributed by atoms with Gasteiger partial charge in [-0.15, -0.1) is 0 Å². The number of rotatable bonds is 5. The molecular formula is C12H22O2S. The van der Waals surface area contributed by atoms with E-state index in [0.29, 0.717) is 0 Å². The van der Waals surface area contributed by atoms with Crippen molar-refractivity contribution in [2.45, 2.75) is 45.2 Å². The minimum absolute atomic E-state index is 0.183. The van der Waals surface area contributed by atoms with E-state index in [1.165, 1.54) is 12.0 Å². The smallest absolute Gasteiger partial charge is 0.175 e. The Hall–Kier alpha value is -0.250. The molecular weight excluding hydrogens is 208 g/mol. The summed E-state index contributed by atoms with van der Waals surface area (Å²) in [4.78, 5) is -0.517. The lowest BCUT2D eigenvalue weighted by molar-refractivity contribution is 0.115. The van der Waals surface area contributed by atoms with Crippen LogP contribution in [-0.2, 0) is 8.92 Å². The molecule has 2 nitrogen and oxygen atoms in total. The Balaban J connectivity index is 4.63. The van der Waals surface area contributed by atoms with Crippen molar-refractivity contribution in [3.8, 4) is 0 Å². The van der Waals surface area contributed by atoms with Gasteiger partial charge in [-0.05, 0) is 46.8 Å². The maximum absolute atomic E-state index is 5.68. The summed E-state index contributed by atoms with van der Waals surface area (Å²) in [6, 6.07) is 0. The summed E-state index contributed by atoms with van der Waals surface area (Å²) in [5, 5.41) is 0. The van der Waals surface area contributed by atoms with E-state index in [4.69, 9.17) is 8.92 Å². The minimum Gasteiger partial charge on any atom is -0.358 e. The van der Waals surface area contributed by atoms with E-state index in [9.17, 15) is 0 Å². The SMILES string of the molecule is C/C=C\C(/C=C/C)(OC)SOC(C)(C)C. The Morgan fingerprint density at radius 3 is 1.73 bits per heavy atom. The fourth-order valence-electron chi connectivity index (χ4n) is 0.936. The fraction of sp³-hybridized carbons (Fsp3) is 0.667. The van der Waals surface area contributed by atoms with Crippen LogP contribution in [0.5, 0.6) is 0 Å². The molecule has 0 aliphatic heterocycles. The number of hydrogen-bond donors (Lipinski definition) is 0. The molecule has 0 bridgehead atoms. The van der Waals surface area contributed by atoms with Crippen LogP contribution in [0.3, 0.4) is 0 Å². The van der Waals surface area contributed by atoms with Crippen molar-refractivity contribution in [1.82, 2.24) is 0 Å². The summed E-state index contributed by atoms with van der Waals surface area (Å²) in [5.74, 6) is 0. The van der Waals surface area contributed by atoms with Gasteiger partial charge in [0, 0.05) is 19.2 Å². The molecule has 0 aliphatic carbocycles. The molecule has 0 aliphatic rings. The van der Waals surface area contributed by atoms with Crippen molar-refractivity contribution >= 4 is 12.0 Å². The first-order valence-corrected chi connectivity index (χ1v) is 5.83. The highest BCUT2D eigenvalue weighted by atomic mass is 32.2. The molecule has 0 aromatic carbocycles. The Morgan fingerprint density at radius 1 is 1.00 bits per heavy atom. The third-order valence-corrected chi connectivity index (χ3v) is 2.82. The van der Waals surface area contributed by atoms with Gasteiger partial charge in [0.25, 0.3) is 0 Å². The number of methoxy groups -OCH3 is 1.